The van der Waals surface area contributed by atoms with Crippen LogP contribution in [0.2, 0.25) is 0 Å². The normalized spacial score (nSPS) is 24.8. The zero-order chi connectivity index (χ0) is 12.3. The Morgan fingerprint density at radius 1 is 0.882 bits per heavy atom. The quantitative estimate of drug-likeness (QED) is 0.779. The molecule has 0 saturated heterocycles. The number of carboxylic acids is 1. The number of rotatable bonds is 3. The van der Waals surface area contributed by atoms with Crippen molar-refractivity contribution in [1.82, 2.24) is 0 Å². The third kappa shape index (κ3) is 2.67. The van der Waals surface area contributed by atoms with Crippen molar-refractivity contribution in [2.45, 2.75) is 69.4 Å². The molecule has 0 spiro atoms. The van der Waals surface area contributed by atoms with Crippen LogP contribution in [0.3, 0.4) is 0 Å². The van der Waals surface area contributed by atoms with Gasteiger partial charge in [-0.3, -0.25) is 4.79 Å². The molecular formula is C14H25O2P. The Kier molecular flexibility index (Phi) is 4.47. The van der Waals surface area contributed by atoms with Gasteiger partial charge >= 0.3 is 5.97 Å². The van der Waals surface area contributed by atoms with Crippen LogP contribution in [0.4, 0.5) is 0 Å². The van der Waals surface area contributed by atoms with Crippen molar-refractivity contribution < 1.29 is 9.90 Å². The predicted molar refractivity (Wildman–Crippen MR) is 73.2 cm³/mol. The van der Waals surface area contributed by atoms with E-state index in [0.29, 0.717) is 11.8 Å². The average Bonchev–Trinajstić information content (AvgIpc) is 2.39. The second-order valence-corrected chi connectivity index (χ2v) is 6.86. The van der Waals surface area contributed by atoms with E-state index >= 15 is 0 Å². The van der Waals surface area contributed by atoms with Gasteiger partial charge in [0.1, 0.15) is 0 Å². The van der Waals surface area contributed by atoms with E-state index in [9.17, 15) is 9.90 Å². The van der Waals surface area contributed by atoms with Gasteiger partial charge < -0.3 is 5.11 Å². The number of carbonyl (C=O) groups is 1. The highest BCUT2D eigenvalue weighted by molar-refractivity contribution is 7.21. The zero-order valence-electron chi connectivity index (χ0n) is 10.7. The number of aliphatic carboxylic acids is 1. The lowest BCUT2D eigenvalue weighted by molar-refractivity contribution is -0.144. The van der Waals surface area contributed by atoms with Crippen LogP contribution < -0.4 is 0 Å². The lowest BCUT2D eigenvalue weighted by Crippen LogP contribution is -2.48. The largest absolute Gasteiger partial charge is 0.481 e. The van der Waals surface area contributed by atoms with Crippen molar-refractivity contribution in [3.63, 3.8) is 0 Å². The Morgan fingerprint density at radius 2 is 1.24 bits per heavy atom. The molecule has 0 amide bonds. The van der Waals surface area contributed by atoms with Crippen LogP contribution in [0.1, 0.15) is 64.2 Å². The summed E-state index contributed by atoms with van der Waals surface area (Å²) in [5, 5.41) is 9.19. The summed E-state index contributed by atoms with van der Waals surface area (Å²) in [6.45, 7) is 0. The van der Waals surface area contributed by atoms with Crippen molar-refractivity contribution in [2.24, 2.45) is 11.8 Å². The maximum absolute atomic E-state index is 11.8. The van der Waals surface area contributed by atoms with Crippen LogP contribution in [0.15, 0.2) is 0 Å². The van der Waals surface area contributed by atoms with Crippen molar-refractivity contribution in [2.75, 3.05) is 0 Å². The fraction of sp³-hybridized carbons (Fsp3) is 0.929. The van der Waals surface area contributed by atoms with E-state index in [-0.39, 0.29) is 0 Å². The van der Waals surface area contributed by atoms with Gasteiger partial charge in [0.05, 0.1) is 5.16 Å². The average molecular weight is 256 g/mol. The highest BCUT2D eigenvalue weighted by Gasteiger charge is 2.47. The summed E-state index contributed by atoms with van der Waals surface area (Å²) >= 11 is 0. The molecule has 0 heterocycles. The molecule has 0 radical (unpaired) electrons. The Bertz CT molecular complexity index is 247. The molecule has 0 aromatic rings. The molecule has 17 heavy (non-hydrogen) atoms. The van der Waals surface area contributed by atoms with Crippen LogP contribution >= 0.6 is 9.24 Å². The van der Waals surface area contributed by atoms with E-state index in [2.05, 4.69) is 9.24 Å². The van der Waals surface area contributed by atoms with Gasteiger partial charge in [-0.05, 0) is 37.5 Å². The summed E-state index contributed by atoms with van der Waals surface area (Å²) in [5.41, 5.74) is 0. The summed E-state index contributed by atoms with van der Waals surface area (Å²) < 4.78 is 0. The topological polar surface area (TPSA) is 37.3 Å². The molecule has 0 aliphatic heterocycles. The molecule has 2 fully saturated rings. The lowest BCUT2D eigenvalue weighted by atomic mass is 9.69. The van der Waals surface area contributed by atoms with Gasteiger partial charge in [0, 0.05) is 0 Å². The van der Waals surface area contributed by atoms with E-state index in [4.69, 9.17) is 0 Å². The fourth-order valence-corrected chi connectivity index (χ4v) is 4.51. The third-order valence-corrected chi connectivity index (χ3v) is 6.12. The van der Waals surface area contributed by atoms with Crippen LogP contribution in [0, 0.1) is 11.8 Å². The van der Waals surface area contributed by atoms with Gasteiger partial charge in [-0.15, -0.1) is 9.24 Å². The standard InChI is InChI=1S/C14H25O2P/c15-13(16)14(17,11-7-3-1-4-8-11)12-9-5-2-6-10-12/h11-12H,1-10,17H2,(H,15,16). The molecule has 1 N–H and O–H groups in total. The van der Waals surface area contributed by atoms with Crippen molar-refractivity contribution >= 4 is 15.2 Å². The molecule has 0 bridgehead atoms. The maximum atomic E-state index is 11.8. The molecule has 2 nitrogen and oxygen atoms in total. The van der Waals surface area contributed by atoms with Crippen LogP contribution in [0.5, 0.6) is 0 Å². The lowest BCUT2D eigenvalue weighted by Gasteiger charge is -2.43. The first-order valence-electron chi connectivity index (χ1n) is 7.18. The summed E-state index contributed by atoms with van der Waals surface area (Å²) in [6.07, 6.45) is 11.9. The van der Waals surface area contributed by atoms with Crippen molar-refractivity contribution in [3.05, 3.63) is 0 Å². The molecule has 1 atom stereocenters. The monoisotopic (exact) mass is 256 g/mol. The molecule has 98 valence electrons. The van der Waals surface area contributed by atoms with Gasteiger partial charge in [-0.2, -0.15) is 0 Å². The summed E-state index contributed by atoms with van der Waals surface area (Å²) in [7, 11) is 2.77. The van der Waals surface area contributed by atoms with E-state index in [1.54, 1.807) is 0 Å². The summed E-state index contributed by atoms with van der Waals surface area (Å²) in [6, 6.07) is 0. The molecule has 2 aliphatic rings. The Labute approximate surface area is 107 Å². The molecule has 3 heteroatoms. The second kappa shape index (κ2) is 5.69. The fourth-order valence-electron chi connectivity index (χ4n) is 3.84. The van der Waals surface area contributed by atoms with Crippen molar-refractivity contribution in [3.8, 4) is 0 Å². The minimum atomic E-state index is -0.568. The number of hydrogen-bond donors (Lipinski definition) is 1. The second-order valence-electron chi connectivity index (χ2n) is 5.91. The van der Waals surface area contributed by atoms with Gasteiger partial charge in [-0.25, -0.2) is 0 Å². The molecular weight excluding hydrogens is 231 g/mol. The minimum absolute atomic E-state index is 0.391. The van der Waals surface area contributed by atoms with E-state index in [1.165, 1.54) is 38.5 Å². The Morgan fingerprint density at radius 3 is 1.53 bits per heavy atom. The maximum Gasteiger partial charge on any atom is 0.314 e. The molecule has 0 aromatic heterocycles. The first-order valence-corrected chi connectivity index (χ1v) is 7.75. The van der Waals surface area contributed by atoms with Gasteiger partial charge in [0.25, 0.3) is 0 Å². The summed E-state index contributed by atoms with van der Waals surface area (Å²) in [4.78, 5) is 11.8. The molecule has 2 aliphatic carbocycles. The molecule has 0 aromatic carbocycles. The van der Waals surface area contributed by atoms with Crippen LogP contribution in [-0.4, -0.2) is 16.2 Å². The van der Waals surface area contributed by atoms with Crippen LogP contribution in [-0.2, 0) is 4.79 Å². The van der Waals surface area contributed by atoms with Gasteiger partial charge in [-0.1, -0.05) is 38.5 Å². The summed E-state index contributed by atoms with van der Waals surface area (Å²) in [5.74, 6) is 0.213. The zero-order valence-corrected chi connectivity index (χ0v) is 11.8. The first-order chi connectivity index (χ1) is 8.15. The molecule has 2 rings (SSSR count). The van der Waals surface area contributed by atoms with E-state index in [0.717, 1.165) is 25.7 Å². The van der Waals surface area contributed by atoms with Gasteiger partial charge in [0.15, 0.2) is 0 Å². The van der Waals surface area contributed by atoms with E-state index < -0.39 is 11.1 Å². The highest BCUT2D eigenvalue weighted by atomic mass is 31.0. The van der Waals surface area contributed by atoms with Crippen LogP contribution in [0.25, 0.3) is 0 Å². The van der Waals surface area contributed by atoms with E-state index in [1.807, 2.05) is 0 Å². The molecule has 2 saturated carbocycles. The SMILES string of the molecule is O=C(O)C(P)(C1CCCCC1)C1CCCCC1. The Balaban J connectivity index is 2.14. The number of hydrogen-bond acceptors (Lipinski definition) is 1. The Hall–Kier alpha value is -0.100. The third-order valence-electron chi connectivity index (χ3n) is 4.93. The van der Waals surface area contributed by atoms with Crippen molar-refractivity contribution in [1.29, 1.82) is 0 Å². The minimum Gasteiger partial charge on any atom is -0.481 e. The highest BCUT2D eigenvalue weighted by Crippen LogP contribution is 2.48. The van der Waals surface area contributed by atoms with Gasteiger partial charge in [0.2, 0.25) is 0 Å². The first kappa shape index (κ1) is 13.3. The number of carboxylic acid groups (broad SMARTS) is 1. The molecule has 1 unspecified atom stereocenters. The predicted octanol–water partition coefficient (Wildman–Crippen LogP) is 3.85. The smallest absolute Gasteiger partial charge is 0.314 e.